The molecular weight excluding hydrogens is 600 g/mol. The van der Waals surface area contributed by atoms with Crippen molar-refractivity contribution in [3.8, 4) is 11.3 Å². The number of piperazine rings is 1. The first-order chi connectivity index (χ1) is 20.8. The van der Waals surface area contributed by atoms with Gasteiger partial charge < -0.3 is 20.5 Å². The largest absolute Gasteiger partial charge is 0.417 e. The molecule has 1 saturated carbocycles. The molecule has 1 saturated heterocycles. The summed E-state index contributed by atoms with van der Waals surface area (Å²) in [5.41, 5.74) is -2.70. The molecule has 0 spiro atoms. The number of aromatic nitrogens is 2. The average molecular weight is 635 g/mol. The zero-order valence-electron chi connectivity index (χ0n) is 24.6. The molecule has 9 nitrogen and oxygen atoms in total. The van der Waals surface area contributed by atoms with Crippen molar-refractivity contribution in [1.29, 1.82) is 0 Å². The Hall–Kier alpha value is -3.78. The molecule has 2 aromatic heterocycles. The molecule has 14 heteroatoms. The monoisotopic (exact) mass is 634 g/mol. The summed E-state index contributed by atoms with van der Waals surface area (Å²) in [6.45, 7) is 4.93. The summed E-state index contributed by atoms with van der Waals surface area (Å²) in [7, 11) is 1.97. The Morgan fingerprint density at radius 2 is 1.73 bits per heavy atom. The lowest BCUT2D eigenvalue weighted by Crippen LogP contribution is -2.55. The predicted molar refractivity (Wildman–Crippen MR) is 161 cm³/mol. The van der Waals surface area contributed by atoms with Gasteiger partial charge in [0.2, 0.25) is 5.56 Å². The second-order valence-corrected chi connectivity index (χ2v) is 12.4. The number of thiazole rings is 1. The first-order valence-electron chi connectivity index (χ1n) is 14.5. The Kier molecular flexibility index (Phi) is 9.12. The van der Waals surface area contributed by atoms with Crippen LogP contribution in [0, 0.1) is 5.82 Å². The SMILES string of the molecule is C[C@@H]1CN(c2cc(F)c(-c3csc(C(=O)NC4CCCCC4)n3)cc2NC(=O)c2c[nH]c(=O)cc2C(F)(F)F)C[C@H](C)N1C. The number of H-pyrrole nitrogens is 1. The van der Waals surface area contributed by atoms with Crippen molar-refractivity contribution in [2.75, 3.05) is 30.4 Å². The van der Waals surface area contributed by atoms with E-state index in [1.54, 1.807) is 0 Å². The van der Waals surface area contributed by atoms with E-state index in [9.17, 15) is 27.6 Å². The quantitative estimate of drug-likeness (QED) is 0.309. The number of anilines is 2. The number of hydrogen-bond acceptors (Lipinski definition) is 7. The second kappa shape index (κ2) is 12.7. The number of alkyl halides is 3. The van der Waals surface area contributed by atoms with Gasteiger partial charge in [-0.25, -0.2) is 9.37 Å². The van der Waals surface area contributed by atoms with Gasteiger partial charge in [-0.2, -0.15) is 13.2 Å². The molecule has 2 atom stereocenters. The van der Waals surface area contributed by atoms with Gasteiger partial charge >= 0.3 is 6.18 Å². The van der Waals surface area contributed by atoms with Crippen molar-refractivity contribution in [1.82, 2.24) is 20.2 Å². The van der Waals surface area contributed by atoms with E-state index in [-0.39, 0.29) is 51.7 Å². The third-order valence-electron chi connectivity index (χ3n) is 8.42. The molecule has 1 aromatic carbocycles. The molecule has 0 unspecified atom stereocenters. The molecule has 3 N–H and O–H groups in total. The van der Waals surface area contributed by atoms with Crippen LogP contribution in [-0.2, 0) is 6.18 Å². The smallest absolute Gasteiger partial charge is 0.367 e. The highest BCUT2D eigenvalue weighted by Crippen LogP contribution is 2.37. The van der Waals surface area contributed by atoms with Crippen molar-refractivity contribution in [2.24, 2.45) is 0 Å². The number of likely N-dealkylation sites (N-methyl/N-ethyl adjacent to an activating group) is 1. The maximum Gasteiger partial charge on any atom is 0.417 e. The third-order valence-corrected chi connectivity index (χ3v) is 9.26. The van der Waals surface area contributed by atoms with E-state index in [1.165, 1.54) is 17.5 Å². The maximum atomic E-state index is 15.8. The number of nitrogens with one attached hydrogen (secondary N) is 3. The topological polar surface area (TPSA) is 110 Å². The summed E-state index contributed by atoms with van der Waals surface area (Å²) in [5.74, 6) is -2.15. The van der Waals surface area contributed by atoms with Gasteiger partial charge in [-0.15, -0.1) is 11.3 Å². The molecule has 2 amide bonds. The Morgan fingerprint density at radius 3 is 2.39 bits per heavy atom. The minimum absolute atomic E-state index is 0.0234. The second-order valence-electron chi connectivity index (χ2n) is 11.5. The molecule has 2 aliphatic rings. The van der Waals surface area contributed by atoms with Crippen LogP contribution < -0.4 is 21.1 Å². The van der Waals surface area contributed by atoms with Crippen LogP contribution in [0.3, 0.4) is 0 Å². The lowest BCUT2D eigenvalue weighted by atomic mass is 9.95. The van der Waals surface area contributed by atoms with Crippen molar-refractivity contribution < 1.29 is 27.2 Å². The fourth-order valence-electron chi connectivity index (χ4n) is 5.80. The number of rotatable bonds is 6. The summed E-state index contributed by atoms with van der Waals surface area (Å²) in [5, 5.41) is 7.21. The van der Waals surface area contributed by atoms with Gasteiger partial charge in [-0.05, 0) is 39.8 Å². The van der Waals surface area contributed by atoms with Crippen LogP contribution >= 0.6 is 11.3 Å². The molecule has 44 heavy (non-hydrogen) atoms. The number of amides is 2. The standard InChI is InChI=1S/C30H34F4N6O3S/c1-16-13-40(14-17(2)39(16)3)25-11-22(31)19(24-15-44-29(38-24)28(43)36-18-7-5-4-6-8-18)9-23(25)37-27(42)20-12-35-26(41)10-21(20)30(32,33)34/h9-12,15-18H,4-8,13-14H2,1-3H3,(H,35,41)(H,36,43)(H,37,42)/t16-,17+. The molecule has 1 aliphatic heterocycles. The lowest BCUT2D eigenvalue weighted by molar-refractivity contribution is -0.138. The van der Waals surface area contributed by atoms with Crippen molar-refractivity contribution in [3.05, 3.63) is 62.1 Å². The van der Waals surface area contributed by atoms with E-state index in [0.29, 0.717) is 25.4 Å². The van der Waals surface area contributed by atoms with Crippen LogP contribution in [0.1, 0.15) is 71.7 Å². The first kappa shape index (κ1) is 31.6. The number of hydrogen-bond donors (Lipinski definition) is 3. The summed E-state index contributed by atoms with van der Waals surface area (Å²) < 4.78 is 57.0. The minimum Gasteiger partial charge on any atom is -0.367 e. The highest BCUT2D eigenvalue weighted by atomic mass is 32.1. The molecular formula is C30H34F4N6O3S. The van der Waals surface area contributed by atoms with Crippen molar-refractivity contribution in [3.63, 3.8) is 0 Å². The Bertz CT molecular complexity index is 1590. The third kappa shape index (κ3) is 6.80. The number of carbonyl (C=O) groups is 2. The van der Waals surface area contributed by atoms with Gasteiger partial charge in [0.05, 0.1) is 28.2 Å². The van der Waals surface area contributed by atoms with Crippen molar-refractivity contribution in [2.45, 2.75) is 70.3 Å². The molecule has 2 fully saturated rings. The van der Waals surface area contributed by atoms with E-state index in [4.69, 9.17) is 0 Å². The van der Waals surface area contributed by atoms with Gasteiger partial charge in [0.15, 0.2) is 5.01 Å². The van der Waals surface area contributed by atoms with Gasteiger partial charge in [-0.1, -0.05) is 19.3 Å². The first-order valence-corrected chi connectivity index (χ1v) is 15.4. The van der Waals surface area contributed by atoms with E-state index < -0.39 is 34.6 Å². The molecule has 5 rings (SSSR count). The highest BCUT2D eigenvalue weighted by molar-refractivity contribution is 7.12. The van der Waals surface area contributed by atoms with Crippen LogP contribution in [0.4, 0.5) is 28.9 Å². The molecule has 3 heterocycles. The fourth-order valence-corrected chi connectivity index (χ4v) is 6.52. The number of pyridine rings is 1. The van der Waals surface area contributed by atoms with Crippen LogP contribution in [-0.4, -0.2) is 64.9 Å². The fraction of sp³-hybridized carbons (Fsp3) is 0.467. The highest BCUT2D eigenvalue weighted by Gasteiger charge is 2.36. The van der Waals surface area contributed by atoms with Crippen molar-refractivity contribution >= 4 is 34.5 Å². The van der Waals surface area contributed by atoms with E-state index >= 15 is 4.39 Å². The van der Waals surface area contributed by atoms with Crippen LogP contribution in [0.2, 0.25) is 0 Å². The molecule has 0 bridgehead atoms. The minimum atomic E-state index is -4.96. The molecule has 0 radical (unpaired) electrons. The lowest BCUT2D eigenvalue weighted by Gasteiger charge is -2.44. The molecule has 1 aliphatic carbocycles. The van der Waals surface area contributed by atoms with Gasteiger partial charge in [0, 0.05) is 60.5 Å². The van der Waals surface area contributed by atoms with Gasteiger partial charge in [-0.3, -0.25) is 19.3 Å². The number of halogens is 4. The predicted octanol–water partition coefficient (Wildman–Crippen LogP) is 5.50. The van der Waals surface area contributed by atoms with E-state index in [2.05, 4.69) is 25.5 Å². The number of carbonyl (C=O) groups excluding carboxylic acids is 2. The maximum absolute atomic E-state index is 15.8. The van der Waals surface area contributed by atoms with Gasteiger partial charge in [0.1, 0.15) is 5.82 Å². The Balaban J connectivity index is 1.51. The van der Waals surface area contributed by atoms with E-state index in [1.807, 2.05) is 25.8 Å². The van der Waals surface area contributed by atoms with Crippen LogP contribution in [0.5, 0.6) is 0 Å². The number of nitrogens with zero attached hydrogens (tertiary/aromatic N) is 3. The zero-order valence-corrected chi connectivity index (χ0v) is 25.4. The molecule has 3 aromatic rings. The summed E-state index contributed by atoms with van der Waals surface area (Å²) in [6, 6.07) is 3.06. The number of benzene rings is 1. The summed E-state index contributed by atoms with van der Waals surface area (Å²) in [4.78, 5) is 48.3. The van der Waals surface area contributed by atoms with E-state index in [0.717, 1.165) is 43.4 Å². The summed E-state index contributed by atoms with van der Waals surface area (Å²) >= 11 is 1.05. The van der Waals surface area contributed by atoms with Crippen LogP contribution in [0.15, 0.2) is 34.6 Å². The normalized spacial score (nSPS) is 20.0. The molecule has 236 valence electrons. The van der Waals surface area contributed by atoms with Gasteiger partial charge in [0.25, 0.3) is 11.8 Å². The Morgan fingerprint density at radius 1 is 1.05 bits per heavy atom. The summed E-state index contributed by atoms with van der Waals surface area (Å²) in [6.07, 6.45) is 0.726. The number of aromatic amines is 1. The average Bonchev–Trinajstić information content (AvgIpc) is 3.47. The zero-order chi connectivity index (χ0) is 31.8. The Labute approximate surface area is 255 Å². The van der Waals surface area contributed by atoms with Crippen LogP contribution in [0.25, 0.3) is 11.3 Å².